The van der Waals surface area contributed by atoms with Gasteiger partial charge in [0.25, 0.3) is 5.91 Å². The van der Waals surface area contributed by atoms with Crippen molar-refractivity contribution in [3.05, 3.63) is 93.0 Å². The normalized spacial score (nSPS) is 10.7. The first kappa shape index (κ1) is 22.3. The first-order chi connectivity index (χ1) is 14.9. The van der Waals surface area contributed by atoms with Gasteiger partial charge in [0.05, 0.1) is 29.5 Å². The van der Waals surface area contributed by atoms with E-state index in [1.165, 1.54) is 13.3 Å². The van der Waals surface area contributed by atoms with Crippen LogP contribution in [0.3, 0.4) is 0 Å². The lowest BCUT2D eigenvalue weighted by Gasteiger charge is -2.10. The molecule has 31 heavy (non-hydrogen) atoms. The number of aryl methyl sites for hydroxylation is 1. The first-order valence-corrected chi connectivity index (χ1v) is 9.88. The number of hydrazone groups is 1. The van der Waals surface area contributed by atoms with Gasteiger partial charge in [0.15, 0.2) is 11.5 Å². The van der Waals surface area contributed by atoms with E-state index in [1.54, 1.807) is 60.7 Å². The van der Waals surface area contributed by atoms with Gasteiger partial charge < -0.3 is 9.47 Å². The minimum atomic E-state index is -0.543. The molecule has 1 N–H and O–H groups in total. The van der Waals surface area contributed by atoms with E-state index < -0.39 is 11.9 Å². The molecule has 158 valence electrons. The summed E-state index contributed by atoms with van der Waals surface area (Å²) in [5.41, 5.74) is 4.69. The number of hydrogen-bond acceptors (Lipinski definition) is 5. The summed E-state index contributed by atoms with van der Waals surface area (Å²) < 4.78 is 10.7. The number of methoxy groups -OCH3 is 1. The maximum absolute atomic E-state index is 12.3. The molecule has 0 aliphatic heterocycles. The molecular formula is C23H18Cl2N2O4. The van der Waals surface area contributed by atoms with E-state index in [2.05, 4.69) is 10.5 Å². The average molecular weight is 457 g/mol. The molecule has 0 aliphatic rings. The molecular weight excluding hydrogens is 439 g/mol. The Kier molecular flexibility index (Phi) is 7.28. The summed E-state index contributed by atoms with van der Waals surface area (Å²) in [6.45, 7) is 1.88. The van der Waals surface area contributed by atoms with Crippen LogP contribution in [0.1, 0.15) is 31.8 Å². The number of esters is 1. The third kappa shape index (κ3) is 5.84. The van der Waals surface area contributed by atoms with Crippen LogP contribution in [-0.4, -0.2) is 25.2 Å². The molecule has 3 aromatic carbocycles. The fourth-order valence-corrected chi connectivity index (χ4v) is 3.07. The van der Waals surface area contributed by atoms with Gasteiger partial charge in [0.1, 0.15) is 0 Å². The molecule has 0 spiro atoms. The van der Waals surface area contributed by atoms with Crippen molar-refractivity contribution < 1.29 is 19.1 Å². The van der Waals surface area contributed by atoms with Gasteiger partial charge in [-0.25, -0.2) is 10.2 Å². The SMILES string of the molecule is COc1cc(C=NNC(=O)c2ccc(C)cc2Cl)ccc1OC(=O)c1ccc(Cl)cc1. The predicted molar refractivity (Wildman–Crippen MR) is 121 cm³/mol. The highest BCUT2D eigenvalue weighted by Crippen LogP contribution is 2.28. The van der Waals surface area contributed by atoms with E-state index in [-0.39, 0.29) is 5.75 Å². The van der Waals surface area contributed by atoms with Crippen molar-refractivity contribution in [3.63, 3.8) is 0 Å². The topological polar surface area (TPSA) is 77.0 Å². The molecule has 0 saturated heterocycles. The van der Waals surface area contributed by atoms with E-state index in [0.29, 0.717) is 32.5 Å². The van der Waals surface area contributed by atoms with Crippen molar-refractivity contribution in [1.29, 1.82) is 0 Å². The number of nitrogens with one attached hydrogen (secondary N) is 1. The summed E-state index contributed by atoms with van der Waals surface area (Å²) in [5.74, 6) is -0.394. The summed E-state index contributed by atoms with van der Waals surface area (Å²) in [7, 11) is 1.46. The van der Waals surface area contributed by atoms with Crippen molar-refractivity contribution in [3.8, 4) is 11.5 Å². The highest BCUT2D eigenvalue weighted by molar-refractivity contribution is 6.33. The van der Waals surface area contributed by atoms with Crippen molar-refractivity contribution in [1.82, 2.24) is 5.43 Å². The second kappa shape index (κ2) is 10.1. The van der Waals surface area contributed by atoms with Crippen molar-refractivity contribution >= 4 is 41.3 Å². The molecule has 3 rings (SSSR count). The monoisotopic (exact) mass is 456 g/mol. The van der Waals surface area contributed by atoms with E-state index in [9.17, 15) is 9.59 Å². The lowest BCUT2D eigenvalue weighted by atomic mass is 10.1. The lowest BCUT2D eigenvalue weighted by molar-refractivity contribution is 0.0729. The third-order valence-electron chi connectivity index (χ3n) is 4.22. The maximum atomic E-state index is 12.3. The molecule has 0 saturated carbocycles. The first-order valence-electron chi connectivity index (χ1n) is 9.12. The number of benzene rings is 3. The number of carbonyl (C=O) groups is 2. The smallest absolute Gasteiger partial charge is 0.343 e. The second-order valence-corrected chi connectivity index (χ2v) is 7.33. The molecule has 0 radical (unpaired) electrons. The molecule has 8 heteroatoms. The summed E-state index contributed by atoms with van der Waals surface area (Å²) in [6, 6.07) is 16.3. The standard InChI is InChI=1S/C23H18Cl2N2O4/c1-14-3-9-18(19(25)11-14)22(28)27-26-13-15-4-10-20(21(12-15)30-2)31-23(29)16-5-7-17(24)8-6-16/h3-13H,1-2H3,(H,27,28). The van der Waals surface area contributed by atoms with Gasteiger partial charge in [-0.2, -0.15) is 5.10 Å². The number of amides is 1. The number of ether oxygens (including phenoxy) is 2. The summed E-state index contributed by atoms with van der Waals surface area (Å²) in [6.07, 6.45) is 1.44. The van der Waals surface area contributed by atoms with Crippen LogP contribution in [0.25, 0.3) is 0 Å². The highest BCUT2D eigenvalue weighted by atomic mass is 35.5. The Bertz CT molecular complexity index is 1140. The molecule has 0 fully saturated rings. The number of nitrogens with zero attached hydrogens (tertiary/aromatic N) is 1. The zero-order chi connectivity index (χ0) is 22.4. The Labute approximate surface area is 189 Å². The van der Waals surface area contributed by atoms with Crippen LogP contribution in [0.2, 0.25) is 10.0 Å². The van der Waals surface area contributed by atoms with E-state index in [1.807, 2.05) is 6.92 Å². The van der Waals surface area contributed by atoms with Crippen LogP contribution in [0.15, 0.2) is 65.8 Å². The maximum Gasteiger partial charge on any atom is 0.343 e. The van der Waals surface area contributed by atoms with Crippen LogP contribution in [0.4, 0.5) is 0 Å². The highest BCUT2D eigenvalue weighted by Gasteiger charge is 2.13. The number of carbonyl (C=O) groups excluding carboxylic acids is 2. The van der Waals surface area contributed by atoms with Crippen molar-refractivity contribution in [2.24, 2.45) is 5.10 Å². The zero-order valence-electron chi connectivity index (χ0n) is 16.7. The van der Waals surface area contributed by atoms with Gasteiger partial charge >= 0.3 is 5.97 Å². The minimum Gasteiger partial charge on any atom is -0.493 e. The van der Waals surface area contributed by atoms with Gasteiger partial charge in [0.2, 0.25) is 0 Å². The molecule has 0 atom stereocenters. The fraction of sp³-hybridized carbons (Fsp3) is 0.0870. The van der Waals surface area contributed by atoms with Crippen LogP contribution >= 0.6 is 23.2 Å². The number of halogens is 2. The Morgan fingerprint density at radius 1 is 0.968 bits per heavy atom. The van der Waals surface area contributed by atoms with Crippen LogP contribution < -0.4 is 14.9 Å². The Morgan fingerprint density at radius 3 is 2.39 bits per heavy atom. The van der Waals surface area contributed by atoms with Crippen LogP contribution in [-0.2, 0) is 0 Å². The number of hydrogen-bond donors (Lipinski definition) is 1. The van der Waals surface area contributed by atoms with E-state index in [0.717, 1.165) is 5.56 Å². The van der Waals surface area contributed by atoms with E-state index >= 15 is 0 Å². The molecule has 1 amide bonds. The second-order valence-electron chi connectivity index (χ2n) is 6.49. The fourth-order valence-electron chi connectivity index (χ4n) is 2.62. The molecule has 3 aromatic rings. The molecule has 0 bridgehead atoms. The minimum absolute atomic E-state index is 0.245. The van der Waals surface area contributed by atoms with Gasteiger partial charge in [0, 0.05) is 5.02 Å². The van der Waals surface area contributed by atoms with E-state index in [4.69, 9.17) is 32.7 Å². The Morgan fingerprint density at radius 2 is 1.71 bits per heavy atom. The van der Waals surface area contributed by atoms with Crippen molar-refractivity contribution in [2.45, 2.75) is 6.92 Å². The molecule has 0 aliphatic carbocycles. The van der Waals surface area contributed by atoms with Gasteiger partial charge in [-0.15, -0.1) is 0 Å². The molecule has 0 heterocycles. The van der Waals surface area contributed by atoms with Gasteiger partial charge in [-0.05, 0) is 72.6 Å². The predicted octanol–water partition coefficient (Wildman–Crippen LogP) is 5.29. The Balaban J connectivity index is 1.68. The Hall–Kier alpha value is -3.35. The van der Waals surface area contributed by atoms with Gasteiger partial charge in [-0.1, -0.05) is 29.3 Å². The average Bonchev–Trinajstić information content (AvgIpc) is 2.75. The lowest BCUT2D eigenvalue weighted by Crippen LogP contribution is -2.18. The summed E-state index contributed by atoms with van der Waals surface area (Å²) >= 11 is 11.9. The molecule has 0 unspecified atom stereocenters. The zero-order valence-corrected chi connectivity index (χ0v) is 18.2. The number of rotatable bonds is 6. The quantitative estimate of drug-likeness (QED) is 0.236. The third-order valence-corrected chi connectivity index (χ3v) is 4.78. The summed E-state index contributed by atoms with van der Waals surface area (Å²) in [5, 5.41) is 4.82. The summed E-state index contributed by atoms with van der Waals surface area (Å²) in [4.78, 5) is 24.5. The largest absolute Gasteiger partial charge is 0.493 e. The van der Waals surface area contributed by atoms with Gasteiger partial charge in [-0.3, -0.25) is 4.79 Å². The molecule has 6 nitrogen and oxygen atoms in total. The van der Waals surface area contributed by atoms with Crippen molar-refractivity contribution in [2.75, 3.05) is 7.11 Å². The van der Waals surface area contributed by atoms with Crippen LogP contribution in [0.5, 0.6) is 11.5 Å². The molecule has 0 aromatic heterocycles. The van der Waals surface area contributed by atoms with Crippen LogP contribution in [0, 0.1) is 6.92 Å².